The number of thiazole rings is 1. The van der Waals surface area contributed by atoms with Gasteiger partial charge in [0.25, 0.3) is 0 Å². The SMILES string of the molecule is Cc1ccc(CO/N=C(\CSc2ccc(Cl)cc2)c2sc3ncnn3c2C)cc1. The molecule has 0 radical (unpaired) electrons. The Morgan fingerprint density at radius 1 is 1.14 bits per heavy atom. The number of aromatic nitrogens is 3. The Morgan fingerprint density at radius 3 is 2.62 bits per heavy atom. The van der Waals surface area contributed by atoms with Crippen LogP contribution in [0.3, 0.4) is 0 Å². The largest absolute Gasteiger partial charge is 0.391 e. The molecular formula is C21H19ClN4OS2. The third-order valence-electron chi connectivity index (χ3n) is 4.33. The Balaban J connectivity index is 1.55. The number of aryl methyl sites for hydroxylation is 2. The number of halogens is 1. The standard InChI is InChI=1S/C21H19ClN4OS2/c1-14-3-5-16(6-4-14)11-27-25-19(12-28-18-9-7-17(22)8-10-18)20-15(2)26-21(29-20)23-13-24-26/h3-10,13H,11-12H2,1-2H3/b25-19+. The van der Waals surface area contributed by atoms with E-state index in [-0.39, 0.29) is 0 Å². The van der Waals surface area contributed by atoms with Crippen molar-refractivity contribution in [3.05, 3.63) is 81.6 Å². The molecule has 0 fully saturated rings. The summed E-state index contributed by atoms with van der Waals surface area (Å²) in [5.41, 5.74) is 4.19. The van der Waals surface area contributed by atoms with Gasteiger partial charge in [-0.25, -0.2) is 9.50 Å². The fourth-order valence-electron chi connectivity index (χ4n) is 2.74. The Hall–Kier alpha value is -2.35. The molecule has 5 nitrogen and oxygen atoms in total. The molecule has 8 heteroatoms. The van der Waals surface area contributed by atoms with Crippen molar-refractivity contribution in [1.29, 1.82) is 0 Å². The van der Waals surface area contributed by atoms with Crippen LogP contribution in [0.2, 0.25) is 5.02 Å². The van der Waals surface area contributed by atoms with Crippen LogP contribution in [0, 0.1) is 13.8 Å². The zero-order valence-electron chi connectivity index (χ0n) is 16.0. The van der Waals surface area contributed by atoms with Gasteiger partial charge in [0.15, 0.2) is 0 Å². The number of rotatable bonds is 7. The summed E-state index contributed by atoms with van der Waals surface area (Å²) in [6.45, 7) is 4.52. The van der Waals surface area contributed by atoms with Crippen LogP contribution in [0.15, 0.2) is 64.9 Å². The Morgan fingerprint density at radius 2 is 1.90 bits per heavy atom. The number of hydrogen-bond donors (Lipinski definition) is 0. The quantitative estimate of drug-likeness (QED) is 0.207. The minimum absolute atomic E-state index is 0.426. The molecule has 0 aliphatic carbocycles. The molecule has 2 aromatic heterocycles. The molecule has 0 aliphatic heterocycles. The lowest BCUT2D eigenvalue weighted by Crippen LogP contribution is -2.07. The van der Waals surface area contributed by atoms with Crippen molar-refractivity contribution in [1.82, 2.24) is 14.6 Å². The molecular weight excluding hydrogens is 424 g/mol. The summed E-state index contributed by atoms with van der Waals surface area (Å²) in [4.78, 5) is 13.0. The van der Waals surface area contributed by atoms with Crippen LogP contribution in [-0.2, 0) is 11.4 Å². The number of nitrogens with zero attached hydrogens (tertiary/aromatic N) is 4. The Kier molecular flexibility index (Phi) is 6.18. The van der Waals surface area contributed by atoms with E-state index in [1.807, 2.05) is 35.7 Å². The molecule has 0 aliphatic rings. The number of hydrogen-bond acceptors (Lipinski definition) is 6. The van der Waals surface area contributed by atoms with Crippen molar-refractivity contribution in [3.8, 4) is 0 Å². The Bertz CT molecular complexity index is 1130. The number of benzene rings is 2. The molecule has 0 saturated carbocycles. The summed E-state index contributed by atoms with van der Waals surface area (Å²) >= 11 is 9.25. The summed E-state index contributed by atoms with van der Waals surface area (Å²) in [5.74, 6) is 0.667. The van der Waals surface area contributed by atoms with Crippen molar-refractivity contribution in [2.45, 2.75) is 25.3 Å². The maximum absolute atomic E-state index is 5.99. The first-order chi connectivity index (χ1) is 14.1. The maximum Gasteiger partial charge on any atom is 0.212 e. The third-order valence-corrected chi connectivity index (χ3v) is 6.81. The molecule has 4 rings (SSSR count). The molecule has 0 N–H and O–H groups in total. The van der Waals surface area contributed by atoms with Gasteiger partial charge >= 0.3 is 0 Å². The molecule has 0 atom stereocenters. The predicted octanol–water partition coefficient (Wildman–Crippen LogP) is 5.77. The molecule has 148 valence electrons. The topological polar surface area (TPSA) is 51.8 Å². The Labute approximate surface area is 182 Å². The van der Waals surface area contributed by atoms with E-state index in [9.17, 15) is 0 Å². The summed E-state index contributed by atoms with van der Waals surface area (Å²) in [6.07, 6.45) is 1.57. The highest BCUT2D eigenvalue weighted by Gasteiger charge is 2.17. The molecule has 0 bridgehead atoms. The van der Waals surface area contributed by atoms with E-state index >= 15 is 0 Å². The monoisotopic (exact) mass is 442 g/mol. The van der Waals surface area contributed by atoms with E-state index < -0.39 is 0 Å². The second-order valence-corrected chi connectivity index (χ2v) is 8.97. The van der Waals surface area contributed by atoms with Crippen molar-refractivity contribution < 1.29 is 4.84 Å². The van der Waals surface area contributed by atoms with Gasteiger partial charge in [0.05, 0.1) is 10.6 Å². The smallest absolute Gasteiger partial charge is 0.212 e. The minimum atomic E-state index is 0.426. The predicted molar refractivity (Wildman–Crippen MR) is 120 cm³/mol. The average molecular weight is 443 g/mol. The van der Waals surface area contributed by atoms with Gasteiger partial charge in [-0.15, -0.1) is 11.8 Å². The first-order valence-electron chi connectivity index (χ1n) is 9.02. The number of fused-ring (bicyclic) bond motifs is 1. The average Bonchev–Trinajstić information content (AvgIpc) is 3.30. The second kappa shape index (κ2) is 8.98. The van der Waals surface area contributed by atoms with Gasteiger partial charge in [-0.1, -0.05) is 57.9 Å². The summed E-state index contributed by atoms with van der Waals surface area (Å²) in [5, 5.41) is 9.50. The minimum Gasteiger partial charge on any atom is -0.391 e. The van der Waals surface area contributed by atoms with E-state index in [1.54, 1.807) is 29.4 Å². The highest BCUT2D eigenvalue weighted by Crippen LogP contribution is 2.26. The molecule has 0 saturated heterocycles. The normalized spacial score (nSPS) is 11.9. The number of thioether (sulfide) groups is 1. The number of oxime groups is 1. The maximum atomic E-state index is 5.99. The van der Waals surface area contributed by atoms with Gasteiger partial charge in [-0.2, -0.15) is 5.10 Å². The zero-order valence-corrected chi connectivity index (χ0v) is 18.4. The fourth-order valence-corrected chi connectivity index (χ4v) is 4.81. The van der Waals surface area contributed by atoms with Crippen LogP contribution < -0.4 is 0 Å². The lowest BCUT2D eigenvalue weighted by Gasteiger charge is -2.07. The van der Waals surface area contributed by atoms with Crippen molar-refractivity contribution in [3.63, 3.8) is 0 Å². The van der Waals surface area contributed by atoms with Crippen LogP contribution in [0.5, 0.6) is 0 Å². The van der Waals surface area contributed by atoms with Crippen LogP contribution in [0.4, 0.5) is 0 Å². The lowest BCUT2D eigenvalue weighted by molar-refractivity contribution is 0.130. The van der Waals surface area contributed by atoms with Gasteiger partial charge in [0.1, 0.15) is 18.6 Å². The van der Waals surface area contributed by atoms with Gasteiger partial charge in [-0.05, 0) is 43.7 Å². The zero-order chi connectivity index (χ0) is 20.2. The third kappa shape index (κ3) is 4.80. The van der Waals surface area contributed by atoms with E-state index in [0.717, 1.165) is 36.7 Å². The molecule has 29 heavy (non-hydrogen) atoms. The van der Waals surface area contributed by atoms with Crippen LogP contribution >= 0.6 is 34.7 Å². The van der Waals surface area contributed by atoms with E-state index in [2.05, 4.69) is 46.4 Å². The van der Waals surface area contributed by atoms with Crippen LogP contribution in [0.1, 0.15) is 21.7 Å². The second-order valence-electron chi connectivity index (χ2n) is 6.51. The van der Waals surface area contributed by atoms with Crippen molar-refractivity contribution in [2.75, 3.05) is 5.75 Å². The fraction of sp³-hybridized carbons (Fsp3) is 0.190. The van der Waals surface area contributed by atoms with Gasteiger partial charge in [0.2, 0.25) is 4.96 Å². The highest BCUT2D eigenvalue weighted by molar-refractivity contribution is 8.00. The van der Waals surface area contributed by atoms with Crippen molar-refractivity contribution >= 4 is 45.4 Å². The van der Waals surface area contributed by atoms with Gasteiger partial charge < -0.3 is 4.84 Å². The molecule has 0 spiro atoms. The summed E-state index contributed by atoms with van der Waals surface area (Å²) in [6, 6.07) is 16.1. The first kappa shape index (κ1) is 19.9. The van der Waals surface area contributed by atoms with E-state index in [0.29, 0.717) is 12.4 Å². The summed E-state index contributed by atoms with van der Waals surface area (Å²) < 4.78 is 1.84. The molecule has 2 heterocycles. The van der Waals surface area contributed by atoms with Gasteiger partial charge in [-0.3, -0.25) is 0 Å². The van der Waals surface area contributed by atoms with Gasteiger partial charge in [0, 0.05) is 15.7 Å². The lowest BCUT2D eigenvalue weighted by atomic mass is 10.2. The van der Waals surface area contributed by atoms with E-state index in [4.69, 9.17) is 16.4 Å². The molecule has 2 aromatic carbocycles. The van der Waals surface area contributed by atoms with Crippen LogP contribution in [-0.4, -0.2) is 26.1 Å². The molecule has 0 unspecified atom stereocenters. The molecule has 0 amide bonds. The first-order valence-corrected chi connectivity index (χ1v) is 11.2. The highest BCUT2D eigenvalue weighted by atomic mass is 35.5. The van der Waals surface area contributed by atoms with Crippen molar-refractivity contribution in [2.24, 2.45) is 5.16 Å². The molecule has 4 aromatic rings. The van der Waals surface area contributed by atoms with Crippen LogP contribution in [0.25, 0.3) is 4.96 Å². The van der Waals surface area contributed by atoms with E-state index in [1.165, 1.54) is 5.56 Å². The summed E-state index contributed by atoms with van der Waals surface area (Å²) in [7, 11) is 0.